The van der Waals surface area contributed by atoms with Crippen LogP contribution in [0.5, 0.6) is 0 Å². The van der Waals surface area contributed by atoms with Gasteiger partial charge in [0.25, 0.3) is 5.91 Å². The Morgan fingerprint density at radius 2 is 2.24 bits per heavy atom. The molecular formula is C17H22N2OS. The number of carbonyl (C=O) groups is 1. The van der Waals surface area contributed by atoms with E-state index in [4.69, 9.17) is 5.73 Å². The topological polar surface area (TPSA) is 55.1 Å². The molecule has 1 aromatic carbocycles. The van der Waals surface area contributed by atoms with Gasteiger partial charge in [-0.15, -0.1) is 11.3 Å². The fourth-order valence-electron chi connectivity index (χ4n) is 3.22. The zero-order valence-corrected chi connectivity index (χ0v) is 13.4. The lowest BCUT2D eigenvalue weighted by atomic mass is 9.98. The van der Waals surface area contributed by atoms with Crippen LogP contribution in [0.3, 0.4) is 0 Å². The van der Waals surface area contributed by atoms with Crippen LogP contribution in [0.4, 0.5) is 5.69 Å². The predicted molar refractivity (Wildman–Crippen MR) is 89.8 cm³/mol. The number of nitrogen functional groups attached to an aromatic ring is 1. The van der Waals surface area contributed by atoms with Gasteiger partial charge in [-0.25, -0.2) is 0 Å². The number of hydrogen-bond acceptors (Lipinski definition) is 3. The van der Waals surface area contributed by atoms with E-state index < -0.39 is 0 Å². The lowest BCUT2D eigenvalue weighted by molar-refractivity contribution is 0.0949. The Balaban J connectivity index is 1.76. The summed E-state index contributed by atoms with van der Waals surface area (Å²) in [7, 11) is 0. The van der Waals surface area contributed by atoms with E-state index in [9.17, 15) is 4.79 Å². The molecule has 3 nitrogen and oxygen atoms in total. The molecule has 4 heteroatoms. The molecule has 0 saturated heterocycles. The summed E-state index contributed by atoms with van der Waals surface area (Å²) in [5.41, 5.74) is 7.96. The number of hydrogen-bond donors (Lipinski definition) is 2. The molecular weight excluding hydrogens is 280 g/mol. The van der Waals surface area contributed by atoms with Crippen LogP contribution in [0.1, 0.15) is 41.4 Å². The van der Waals surface area contributed by atoms with Gasteiger partial charge in [-0.3, -0.25) is 4.79 Å². The van der Waals surface area contributed by atoms with E-state index in [-0.39, 0.29) is 5.91 Å². The molecule has 3 rings (SSSR count). The van der Waals surface area contributed by atoms with Crippen LogP contribution >= 0.6 is 11.3 Å². The van der Waals surface area contributed by atoms with Gasteiger partial charge >= 0.3 is 0 Å². The number of rotatable bonds is 3. The molecule has 2 atom stereocenters. The van der Waals surface area contributed by atoms with Crippen LogP contribution < -0.4 is 11.1 Å². The van der Waals surface area contributed by atoms with Crippen LogP contribution in [0.15, 0.2) is 18.2 Å². The molecule has 1 heterocycles. The smallest absolute Gasteiger partial charge is 0.263 e. The molecule has 21 heavy (non-hydrogen) atoms. The molecule has 1 aromatic heterocycles. The Hall–Kier alpha value is -1.55. The van der Waals surface area contributed by atoms with E-state index in [1.54, 1.807) is 0 Å². The van der Waals surface area contributed by atoms with Gasteiger partial charge in [-0.2, -0.15) is 0 Å². The quantitative estimate of drug-likeness (QED) is 0.901. The third-order valence-electron chi connectivity index (χ3n) is 4.65. The Morgan fingerprint density at radius 1 is 1.43 bits per heavy atom. The molecule has 0 aliphatic heterocycles. The first kappa shape index (κ1) is 14.4. The van der Waals surface area contributed by atoms with E-state index in [0.29, 0.717) is 22.4 Å². The minimum atomic E-state index is -0.0227. The maximum absolute atomic E-state index is 12.4. The predicted octanol–water partition coefficient (Wildman–Crippen LogP) is 3.96. The zero-order valence-electron chi connectivity index (χ0n) is 12.6. The van der Waals surface area contributed by atoms with Crippen molar-refractivity contribution in [3.63, 3.8) is 0 Å². The average Bonchev–Trinajstić information content (AvgIpc) is 3.00. The van der Waals surface area contributed by atoms with Crippen LogP contribution in [0.25, 0.3) is 10.1 Å². The normalized spacial score (nSPS) is 21.8. The van der Waals surface area contributed by atoms with Crippen molar-refractivity contribution < 1.29 is 4.79 Å². The SMILES string of the molecule is Cc1ccc2c(N)c(C(=O)NCC3CCCC3C)sc2c1. The summed E-state index contributed by atoms with van der Waals surface area (Å²) in [6.07, 6.45) is 3.79. The highest BCUT2D eigenvalue weighted by Crippen LogP contribution is 2.34. The van der Waals surface area contributed by atoms with Crippen LogP contribution in [-0.2, 0) is 0 Å². The molecule has 0 radical (unpaired) electrons. The number of carbonyl (C=O) groups excluding carboxylic acids is 1. The van der Waals surface area contributed by atoms with Gasteiger partial charge in [-0.1, -0.05) is 31.9 Å². The van der Waals surface area contributed by atoms with Crippen molar-refractivity contribution in [1.82, 2.24) is 5.32 Å². The number of nitrogens with one attached hydrogen (secondary N) is 1. The van der Waals surface area contributed by atoms with Gasteiger partial charge in [0.05, 0.1) is 5.69 Å². The Kier molecular flexibility index (Phi) is 3.89. The Bertz CT molecular complexity index is 677. The molecule has 1 aliphatic rings. The van der Waals surface area contributed by atoms with Gasteiger partial charge in [0, 0.05) is 16.6 Å². The summed E-state index contributed by atoms with van der Waals surface area (Å²) in [6, 6.07) is 6.13. The van der Waals surface area contributed by atoms with E-state index in [2.05, 4.69) is 25.2 Å². The van der Waals surface area contributed by atoms with Gasteiger partial charge in [0.15, 0.2) is 0 Å². The van der Waals surface area contributed by atoms with Crippen molar-refractivity contribution in [3.05, 3.63) is 28.6 Å². The first-order chi connectivity index (χ1) is 10.1. The van der Waals surface area contributed by atoms with Crippen LogP contribution in [0, 0.1) is 18.8 Å². The number of fused-ring (bicyclic) bond motifs is 1. The zero-order chi connectivity index (χ0) is 15.0. The second-order valence-electron chi connectivity index (χ2n) is 6.22. The van der Waals surface area contributed by atoms with Crippen molar-refractivity contribution in [2.45, 2.75) is 33.1 Å². The summed E-state index contributed by atoms with van der Waals surface area (Å²) in [5.74, 6) is 1.31. The van der Waals surface area contributed by atoms with E-state index >= 15 is 0 Å². The van der Waals surface area contributed by atoms with Gasteiger partial charge in [-0.05, 0) is 36.8 Å². The first-order valence-corrected chi connectivity index (χ1v) is 8.44. The van der Waals surface area contributed by atoms with Gasteiger partial charge < -0.3 is 11.1 Å². The molecule has 1 aliphatic carbocycles. The molecule has 2 aromatic rings. The van der Waals surface area contributed by atoms with Gasteiger partial charge in [0.2, 0.25) is 0 Å². The Morgan fingerprint density at radius 3 is 2.95 bits per heavy atom. The first-order valence-electron chi connectivity index (χ1n) is 7.63. The second kappa shape index (κ2) is 5.68. The van der Waals surface area contributed by atoms with Crippen molar-refractivity contribution in [2.75, 3.05) is 12.3 Å². The largest absolute Gasteiger partial charge is 0.397 e. The van der Waals surface area contributed by atoms with Crippen LogP contribution in [0.2, 0.25) is 0 Å². The van der Waals surface area contributed by atoms with E-state index in [0.717, 1.165) is 16.6 Å². The summed E-state index contributed by atoms with van der Waals surface area (Å²) < 4.78 is 1.09. The van der Waals surface area contributed by atoms with E-state index in [1.165, 1.54) is 36.2 Å². The second-order valence-corrected chi connectivity index (χ2v) is 7.27. The number of benzene rings is 1. The third kappa shape index (κ3) is 2.77. The monoisotopic (exact) mass is 302 g/mol. The van der Waals surface area contributed by atoms with Crippen LogP contribution in [-0.4, -0.2) is 12.5 Å². The highest BCUT2D eigenvalue weighted by molar-refractivity contribution is 7.21. The number of anilines is 1. The third-order valence-corrected chi connectivity index (χ3v) is 5.82. The molecule has 112 valence electrons. The fraction of sp³-hybridized carbons (Fsp3) is 0.471. The number of aryl methyl sites for hydroxylation is 1. The molecule has 0 spiro atoms. The van der Waals surface area contributed by atoms with E-state index in [1.807, 2.05) is 12.1 Å². The maximum Gasteiger partial charge on any atom is 0.263 e. The fourth-order valence-corrected chi connectivity index (χ4v) is 4.36. The summed E-state index contributed by atoms with van der Waals surface area (Å²) in [6.45, 7) is 5.10. The number of nitrogens with two attached hydrogens (primary N) is 1. The number of amides is 1. The van der Waals surface area contributed by atoms with Crippen molar-refractivity contribution >= 4 is 33.0 Å². The average molecular weight is 302 g/mol. The summed E-state index contributed by atoms with van der Waals surface area (Å²) >= 11 is 1.49. The lowest BCUT2D eigenvalue weighted by Gasteiger charge is -2.15. The van der Waals surface area contributed by atoms with Crippen molar-refractivity contribution in [2.24, 2.45) is 11.8 Å². The molecule has 1 fully saturated rings. The van der Waals surface area contributed by atoms with Crippen molar-refractivity contribution in [3.8, 4) is 0 Å². The summed E-state index contributed by atoms with van der Waals surface area (Å²) in [5, 5.41) is 4.07. The molecule has 3 N–H and O–H groups in total. The number of thiophene rings is 1. The minimum absolute atomic E-state index is 0.0227. The van der Waals surface area contributed by atoms with Crippen molar-refractivity contribution in [1.29, 1.82) is 0 Å². The molecule has 0 bridgehead atoms. The standard InChI is InChI=1S/C17H22N2OS/c1-10-6-7-13-14(8-10)21-16(15(13)18)17(20)19-9-12-5-3-4-11(12)2/h6-8,11-12H,3-5,9,18H2,1-2H3,(H,19,20). The maximum atomic E-state index is 12.4. The highest BCUT2D eigenvalue weighted by atomic mass is 32.1. The minimum Gasteiger partial charge on any atom is -0.397 e. The summed E-state index contributed by atoms with van der Waals surface area (Å²) in [4.78, 5) is 13.1. The molecule has 2 unspecified atom stereocenters. The molecule has 1 saturated carbocycles. The highest BCUT2D eigenvalue weighted by Gasteiger charge is 2.24. The Labute approximate surface area is 129 Å². The van der Waals surface area contributed by atoms with Gasteiger partial charge in [0.1, 0.15) is 4.88 Å². The molecule has 1 amide bonds. The lowest BCUT2D eigenvalue weighted by Crippen LogP contribution is -2.30.